The number of likely N-dealkylation sites (N-methyl/N-ethyl adjacent to an activating group) is 2. The summed E-state index contributed by atoms with van der Waals surface area (Å²) in [6.45, 7) is 8.00. The summed E-state index contributed by atoms with van der Waals surface area (Å²) < 4.78 is 0. The summed E-state index contributed by atoms with van der Waals surface area (Å²) in [5, 5.41) is 16.0. The number of aliphatic hydroxyl groups excluding tert-OH is 1. The highest BCUT2D eigenvalue weighted by Gasteiger charge is 2.35. The third kappa shape index (κ3) is 11.5. The molecule has 258 valence electrons. The second-order valence-corrected chi connectivity index (χ2v) is 14.0. The summed E-state index contributed by atoms with van der Waals surface area (Å²) in [5.41, 5.74) is 3.41. The lowest BCUT2D eigenvalue weighted by Gasteiger charge is -2.35. The average molecular weight is 655 g/mol. The van der Waals surface area contributed by atoms with E-state index in [0.29, 0.717) is 19.3 Å². The fourth-order valence-electron chi connectivity index (χ4n) is 5.24. The van der Waals surface area contributed by atoms with Crippen LogP contribution in [0.15, 0.2) is 97.1 Å². The molecule has 0 aliphatic heterocycles. The lowest BCUT2D eigenvalue weighted by atomic mass is 9.94. The number of nitrogens with one attached hydrogen (secondary N) is 2. The van der Waals surface area contributed by atoms with E-state index in [1.54, 1.807) is 14.1 Å². The molecule has 0 saturated heterocycles. The molecule has 0 bridgehead atoms. The maximum absolute atomic E-state index is 14.5. The van der Waals surface area contributed by atoms with Crippen LogP contribution in [0.25, 0.3) is 11.1 Å². The van der Waals surface area contributed by atoms with Crippen molar-refractivity contribution >= 4 is 17.7 Å². The third-order valence-corrected chi connectivity index (χ3v) is 8.99. The molecule has 3 rings (SSSR count). The highest BCUT2D eigenvalue weighted by Crippen LogP contribution is 2.22. The Bertz CT molecular complexity index is 1490. The van der Waals surface area contributed by atoms with Crippen LogP contribution in [0.5, 0.6) is 0 Å². The maximum atomic E-state index is 14.5. The standard InChI is InChI=1S/C40H54N4O4/c1-39(2,29-45)28-42-37(47)34(25-22-30-15-10-8-11-16-30)44(7)38(48)35(43(6)36(46)19-14-26-40(3,4)41-5)27-31-20-23-33(24-21-31)32-17-12-9-13-18-32/h8-21,23-24,34-35,41,45H,22,25-29H2,1-7H3,(H,42,47)/b19-14+/t34-,35-/m1/s1. The molecule has 3 aromatic carbocycles. The minimum Gasteiger partial charge on any atom is -0.396 e. The molecule has 0 saturated carbocycles. The monoisotopic (exact) mass is 654 g/mol. The average Bonchev–Trinajstić information content (AvgIpc) is 3.10. The topological polar surface area (TPSA) is 102 Å². The molecule has 0 fully saturated rings. The molecule has 0 aromatic heterocycles. The van der Waals surface area contributed by atoms with E-state index in [-0.39, 0.29) is 42.8 Å². The van der Waals surface area contributed by atoms with Gasteiger partial charge in [-0.3, -0.25) is 14.4 Å². The van der Waals surface area contributed by atoms with E-state index in [1.165, 1.54) is 15.9 Å². The Labute approximate surface area is 287 Å². The number of hydrogen-bond donors (Lipinski definition) is 3. The van der Waals surface area contributed by atoms with E-state index in [1.807, 2.05) is 126 Å². The van der Waals surface area contributed by atoms with Crippen LogP contribution in [-0.2, 0) is 27.2 Å². The predicted octanol–water partition coefficient (Wildman–Crippen LogP) is 5.26. The zero-order valence-electron chi connectivity index (χ0n) is 29.7. The summed E-state index contributed by atoms with van der Waals surface area (Å²) in [4.78, 5) is 44.7. The van der Waals surface area contributed by atoms with Gasteiger partial charge in [-0.2, -0.15) is 0 Å². The Kier molecular flexibility index (Phi) is 14.1. The Morgan fingerprint density at radius 1 is 0.792 bits per heavy atom. The maximum Gasteiger partial charge on any atom is 0.246 e. The molecule has 0 aliphatic carbocycles. The summed E-state index contributed by atoms with van der Waals surface area (Å²) in [7, 11) is 5.17. The first-order valence-corrected chi connectivity index (χ1v) is 16.7. The molecule has 3 N–H and O–H groups in total. The predicted molar refractivity (Wildman–Crippen MR) is 194 cm³/mol. The molecular weight excluding hydrogens is 600 g/mol. The van der Waals surface area contributed by atoms with Crippen LogP contribution in [0.4, 0.5) is 0 Å². The van der Waals surface area contributed by atoms with E-state index >= 15 is 0 Å². The normalized spacial score (nSPS) is 13.2. The van der Waals surface area contributed by atoms with Crippen molar-refractivity contribution in [2.75, 3.05) is 34.3 Å². The number of rotatable bonds is 17. The minimum absolute atomic E-state index is 0.0895. The number of amides is 3. The van der Waals surface area contributed by atoms with E-state index in [2.05, 4.69) is 10.6 Å². The smallest absolute Gasteiger partial charge is 0.246 e. The SMILES string of the molecule is CNC(C)(C)C/C=C/C(=O)N(C)[C@H](Cc1ccc(-c2ccccc2)cc1)C(=O)N(C)[C@H](CCc1ccccc1)C(=O)NCC(C)(C)CO. The second-order valence-electron chi connectivity index (χ2n) is 14.0. The third-order valence-electron chi connectivity index (χ3n) is 8.99. The summed E-state index contributed by atoms with van der Waals surface area (Å²) in [6.07, 6.45) is 5.25. The van der Waals surface area contributed by atoms with Crippen LogP contribution in [0, 0.1) is 5.41 Å². The quantitative estimate of drug-likeness (QED) is 0.173. The molecule has 0 heterocycles. The molecule has 8 heteroatoms. The van der Waals surface area contributed by atoms with Gasteiger partial charge in [0.05, 0.1) is 0 Å². The van der Waals surface area contributed by atoms with Gasteiger partial charge in [0.2, 0.25) is 17.7 Å². The Morgan fingerprint density at radius 3 is 1.96 bits per heavy atom. The minimum atomic E-state index is -0.854. The van der Waals surface area contributed by atoms with E-state index < -0.39 is 17.5 Å². The van der Waals surface area contributed by atoms with E-state index in [4.69, 9.17) is 0 Å². The summed E-state index contributed by atoms with van der Waals surface area (Å²) >= 11 is 0. The molecule has 2 atom stereocenters. The van der Waals surface area contributed by atoms with Crippen molar-refractivity contribution in [3.05, 3.63) is 108 Å². The van der Waals surface area contributed by atoms with Crippen molar-refractivity contribution in [2.45, 2.75) is 71.0 Å². The number of benzene rings is 3. The zero-order valence-corrected chi connectivity index (χ0v) is 29.7. The van der Waals surface area contributed by atoms with Gasteiger partial charge in [-0.15, -0.1) is 0 Å². The highest BCUT2D eigenvalue weighted by atomic mass is 16.3. The van der Waals surface area contributed by atoms with E-state index in [0.717, 1.165) is 22.3 Å². The number of nitrogens with zero attached hydrogens (tertiary/aromatic N) is 2. The molecule has 0 radical (unpaired) electrons. The Morgan fingerprint density at radius 2 is 1.38 bits per heavy atom. The first-order chi connectivity index (χ1) is 22.8. The first kappa shape index (κ1) is 38.2. The van der Waals surface area contributed by atoms with Gasteiger partial charge in [-0.25, -0.2) is 0 Å². The molecule has 3 amide bonds. The molecule has 0 spiro atoms. The lowest BCUT2D eigenvalue weighted by molar-refractivity contribution is -0.146. The summed E-state index contributed by atoms with van der Waals surface area (Å²) in [6, 6.07) is 26.3. The second kappa shape index (κ2) is 17.8. The number of aryl methyl sites for hydroxylation is 1. The van der Waals surface area contributed by atoms with Crippen molar-refractivity contribution in [3.63, 3.8) is 0 Å². The Hall–Kier alpha value is -4.27. The van der Waals surface area contributed by atoms with Gasteiger partial charge in [-0.1, -0.05) is 105 Å². The molecular formula is C40H54N4O4. The number of aliphatic hydroxyl groups is 1. The van der Waals surface area contributed by atoms with Crippen LogP contribution >= 0.6 is 0 Å². The fourth-order valence-corrected chi connectivity index (χ4v) is 5.24. The zero-order chi connectivity index (χ0) is 35.3. The van der Waals surface area contributed by atoms with Crippen molar-refractivity contribution in [3.8, 4) is 11.1 Å². The van der Waals surface area contributed by atoms with E-state index in [9.17, 15) is 19.5 Å². The van der Waals surface area contributed by atoms with Gasteiger partial charge in [0.1, 0.15) is 12.1 Å². The van der Waals surface area contributed by atoms with Crippen molar-refractivity contribution in [1.82, 2.24) is 20.4 Å². The van der Waals surface area contributed by atoms with Crippen LogP contribution in [0.3, 0.4) is 0 Å². The van der Waals surface area contributed by atoms with Crippen molar-refractivity contribution in [1.29, 1.82) is 0 Å². The molecule has 0 unspecified atom stereocenters. The van der Waals surface area contributed by atoms with Crippen molar-refractivity contribution < 1.29 is 19.5 Å². The van der Waals surface area contributed by atoms with Gasteiger partial charge >= 0.3 is 0 Å². The number of carbonyl (C=O) groups excluding carboxylic acids is 3. The summed E-state index contributed by atoms with van der Waals surface area (Å²) in [5.74, 6) is -0.904. The Balaban J connectivity index is 1.92. The molecule has 0 aliphatic rings. The fraction of sp³-hybridized carbons (Fsp3) is 0.425. The van der Waals surface area contributed by atoms with Crippen LogP contribution in [-0.4, -0.2) is 84.5 Å². The lowest BCUT2D eigenvalue weighted by Crippen LogP contribution is -2.56. The molecule has 48 heavy (non-hydrogen) atoms. The van der Waals surface area contributed by atoms with Gasteiger partial charge in [0, 0.05) is 44.6 Å². The van der Waals surface area contributed by atoms with Crippen molar-refractivity contribution in [2.24, 2.45) is 5.41 Å². The van der Waals surface area contributed by atoms with Gasteiger partial charge in [0.15, 0.2) is 0 Å². The van der Waals surface area contributed by atoms with Gasteiger partial charge < -0.3 is 25.5 Å². The number of hydrogen-bond acceptors (Lipinski definition) is 5. The van der Waals surface area contributed by atoms with Crippen LogP contribution < -0.4 is 10.6 Å². The largest absolute Gasteiger partial charge is 0.396 e. The molecule has 8 nitrogen and oxygen atoms in total. The van der Waals surface area contributed by atoms with Gasteiger partial charge in [-0.05, 0) is 68.5 Å². The highest BCUT2D eigenvalue weighted by molar-refractivity contribution is 5.95. The first-order valence-electron chi connectivity index (χ1n) is 16.7. The number of carbonyl (C=O) groups is 3. The van der Waals surface area contributed by atoms with Gasteiger partial charge in [0.25, 0.3) is 0 Å². The van der Waals surface area contributed by atoms with Crippen LogP contribution in [0.1, 0.15) is 51.7 Å². The molecule has 3 aromatic rings. The van der Waals surface area contributed by atoms with Crippen LogP contribution in [0.2, 0.25) is 0 Å².